The Morgan fingerprint density at radius 1 is 1.19 bits per heavy atom. The molecule has 0 unspecified atom stereocenters. The van der Waals surface area contributed by atoms with E-state index in [-0.39, 0.29) is 0 Å². The Balaban J connectivity index is 2.72. The van der Waals surface area contributed by atoms with Crippen LogP contribution < -0.4 is 11.1 Å². The number of primary amides is 1. The molecule has 0 bridgehead atoms. The lowest BCUT2D eigenvalue weighted by Gasteiger charge is -2.03. The van der Waals surface area contributed by atoms with Crippen molar-refractivity contribution < 1.29 is 19.1 Å². The van der Waals surface area contributed by atoms with E-state index in [4.69, 9.17) is 5.73 Å². The van der Waals surface area contributed by atoms with Gasteiger partial charge in [-0.3, -0.25) is 9.59 Å². The number of rotatable bonds is 2. The smallest absolute Gasteiger partial charge is 0.396 e. The van der Waals surface area contributed by atoms with Gasteiger partial charge in [-0.1, -0.05) is 0 Å². The maximum absolute atomic E-state index is 11.1. The van der Waals surface area contributed by atoms with Gasteiger partial charge in [-0.2, -0.15) is 0 Å². The molecule has 16 heavy (non-hydrogen) atoms. The zero-order chi connectivity index (χ0) is 12.1. The molecule has 0 radical (unpaired) electrons. The molecule has 6 heteroatoms. The summed E-state index contributed by atoms with van der Waals surface area (Å²) >= 11 is 0. The number of benzene rings is 1. The highest BCUT2D eigenvalue weighted by Crippen LogP contribution is 2.08. The van der Waals surface area contributed by atoms with Crippen molar-refractivity contribution in [1.82, 2.24) is 0 Å². The Bertz CT molecular complexity index is 425. The van der Waals surface area contributed by atoms with Crippen molar-refractivity contribution in [2.24, 2.45) is 5.73 Å². The van der Waals surface area contributed by atoms with Gasteiger partial charge in [0.15, 0.2) is 0 Å². The fraction of sp³-hybridized carbons (Fsp3) is 0.100. The monoisotopic (exact) mass is 222 g/mol. The normalized spacial score (nSPS) is 9.31. The topological polar surface area (TPSA) is 98.5 Å². The van der Waals surface area contributed by atoms with Crippen molar-refractivity contribution in [2.45, 2.75) is 0 Å². The molecule has 1 aromatic rings. The first-order valence-electron chi connectivity index (χ1n) is 4.33. The minimum Gasteiger partial charge on any atom is -0.462 e. The highest BCUT2D eigenvalue weighted by atomic mass is 16.5. The Kier molecular flexibility index (Phi) is 3.60. The van der Waals surface area contributed by atoms with Crippen LogP contribution in [-0.4, -0.2) is 24.9 Å². The van der Waals surface area contributed by atoms with E-state index in [2.05, 4.69) is 10.1 Å². The summed E-state index contributed by atoms with van der Waals surface area (Å²) < 4.78 is 4.22. The third-order valence-electron chi connectivity index (χ3n) is 1.80. The van der Waals surface area contributed by atoms with E-state index in [1.807, 2.05) is 0 Å². The summed E-state index contributed by atoms with van der Waals surface area (Å²) in [6, 6.07) is 5.80. The Morgan fingerprint density at radius 3 is 2.19 bits per heavy atom. The van der Waals surface area contributed by atoms with E-state index in [0.717, 1.165) is 7.11 Å². The third kappa shape index (κ3) is 2.81. The molecule has 3 N–H and O–H groups in total. The number of nitrogens with two attached hydrogens (primary N) is 1. The first-order valence-corrected chi connectivity index (χ1v) is 4.33. The highest BCUT2D eigenvalue weighted by molar-refractivity contribution is 6.37. The molecule has 0 spiro atoms. The molecular weight excluding hydrogens is 212 g/mol. The van der Waals surface area contributed by atoms with E-state index in [0.29, 0.717) is 11.3 Å². The van der Waals surface area contributed by atoms with Crippen LogP contribution in [0.2, 0.25) is 0 Å². The van der Waals surface area contributed by atoms with Crippen molar-refractivity contribution in [2.75, 3.05) is 12.4 Å². The van der Waals surface area contributed by atoms with E-state index in [9.17, 15) is 14.4 Å². The van der Waals surface area contributed by atoms with E-state index in [1.54, 1.807) is 0 Å². The molecule has 84 valence electrons. The van der Waals surface area contributed by atoms with Gasteiger partial charge in [0.05, 0.1) is 7.11 Å². The Labute approximate surface area is 91.4 Å². The lowest BCUT2D eigenvalue weighted by Crippen LogP contribution is -2.23. The molecule has 0 aliphatic heterocycles. The van der Waals surface area contributed by atoms with Crippen molar-refractivity contribution in [3.05, 3.63) is 29.8 Å². The molecule has 6 nitrogen and oxygen atoms in total. The van der Waals surface area contributed by atoms with E-state index >= 15 is 0 Å². The lowest BCUT2D eigenvalue weighted by atomic mass is 10.2. The van der Waals surface area contributed by atoms with Gasteiger partial charge in [-0.25, -0.2) is 4.79 Å². The van der Waals surface area contributed by atoms with Crippen molar-refractivity contribution >= 4 is 23.5 Å². The molecule has 1 aromatic carbocycles. The largest absolute Gasteiger partial charge is 0.462 e. The quantitative estimate of drug-likeness (QED) is 0.539. The van der Waals surface area contributed by atoms with Gasteiger partial charge < -0.3 is 15.8 Å². The fourth-order valence-corrected chi connectivity index (χ4v) is 0.993. The molecule has 2 amide bonds. The summed E-state index contributed by atoms with van der Waals surface area (Å²) in [7, 11) is 1.11. The van der Waals surface area contributed by atoms with Crippen LogP contribution in [0.3, 0.4) is 0 Å². The summed E-state index contributed by atoms with van der Waals surface area (Å²) in [4.78, 5) is 32.6. The second-order valence-electron chi connectivity index (χ2n) is 2.89. The average Bonchev–Trinajstić information content (AvgIpc) is 2.28. The van der Waals surface area contributed by atoms with Crippen LogP contribution in [0.4, 0.5) is 5.69 Å². The number of amides is 2. The lowest BCUT2D eigenvalue weighted by molar-refractivity contribution is -0.150. The molecule has 0 atom stereocenters. The van der Waals surface area contributed by atoms with Crippen LogP contribution in [0.15, 0.2) is 24.3 Å². The van der Waals surface area contributed by atoms with Crippen molar-refractivity contribution in [3.63, 3.8) is 0 Å². The van der Waals surface area contributed by atoms with Gasteiger partial charge in [0.2, 0.25) is 5.91 Å². The standard InChI is InChI=1S/C10H10N2O4/c1-16-10(15)9(14)12-7-4-2-6(3-5-7)8(11)13/h2-5H,1H3,(H2,11,13)(H,12,14). The molecule has 1 rings (SSSR count). The van der Waals surface area contributed by atoms with Crippen LogP contribution in [0.5, 0.6) is 0 Å². The highest BCUT2D eigenvalue weighted by Gasteiger charge is 2.13. The number of carbonyl (C=O) groups excluding carboxylic acids is 3. The summed E-state index contributed by atoms with van der Waals surface area (Å²) in [6.45, 7) is 0. The van der Waals surface area contributed by atoms with Gasteiger partial charge in [-0.15, -0.1) is 0 Å². The Morgan fingerprint density at radius 2 is 1.75 bits per heavy atom. The van der Waals surface area contributed by atoms with Crippen LogP contribution in [0.25, 0.3) is 0 Å². The summed E-state index contributed by atoms with van der Waals surface area (Å²) in [5.41, 5.74) is 5.73. The minimum atomic E-state index is -0.987. The fourth-order valence-electron chi connectivity index (χ4n) is 0.993. The number of methoxy groups -OCH3 is 1. The minimum absolute atomic E-state index is 0.316. The number of nitrogens with one attached hydrogen (secondary N) is 1. The molecule has 0 heterocycles. The van der Waals surface area contributed by atoms with Crippen LogP contribution in [-0.2, 0) is 14.3 Å². The second-order valence-corrected chi connectivity index (χ2v) is 2.89. The predicted molar refractivity (Wildman–Crippen MR) is 55.6 cm³/mol. The van der Waals surface area contributed by atoms with Gasteiger partial charge in [0, 0.05) is 11.3 Å². The average molecular weight is 222 g/mol. The molecular formula is C10H10N2O4. The zero-order valence-corrected chi connectivity index (χ0v) is 8.52. The molecule has 0 aromatic heterocycles. The zero-order valence-electron chi connectivity index (χ0n) is 8.52. The van der Waals surface area contributed by atoms with Gasteiger partial charge in [0.1, 0.15) is 0 Å². The second kappa shape index (κ2) is 4.92. The summed E-state index contributed by atoms with van der Waals surface area (Å²) in [5.74, 6) is -2.43. The van der Waals surface area contributed by atoms with Crippen molar-refractivity contribution in [1.29, 1.82) is 0 Å². The summed E-state index contributed by atoms with van der Waals surface area (Å²) in [5, 5.41) is 2.29. The van der Waals surface area contributed by atoms with Gasteiger partial charge in [-0.05, 0) is 24.3 Å². The number of hydrogen-bond donors (Lipinski definition) is 2. The maximum Gasteiger partial charge on any atom is 0.396 e. The first kappa shape index (κ1) is 11.7. The maximum atomic E-state index is 11.1. The number of esters is 1. The van der Waals surface area contributed by atoms with Crippen molar-refractivity contribution in [3.8, 4) is 0 Å². The van der Waals surface area contributed by atoms with E-state index < -0.39 is 17.8 Å². The molecule has 0 saturated carbocycles. The number of ether oxygens (including phenoxy) is 1. The number of anilines is 1. The molecule has 0 aliphatic carbocycles. The molecule has 0 saturated heterocycles. The first-order chi connectivity index (χ1) is 7.54. The predicted octanol–water partition coefficient (Wildman–Crippen LogP) is -0.103. The van der Waals surface area contributed by atoms with Crippen LogP contribution in [0.1, 0.15) is 10.4 Å². The third-order valence-corrected chi connectivity index (χ3v) is 1.80. The van der Waals surface area contributed by atoms with Gasteiger partial charge in [0.25, 0.3) is 0 Å². The Hall–Kier alpha value is -2.37. The number of hydrogen-bond acceptors (Lipinski definition) is 4. The van der Waals surface area contributed by atoms with Crippen LogP contribution >= 0.6 is 0 Å². The molecule has 0 fully saturated rings. The molecule has 0 aliphatic rings. The summed E-state index contributed by atoms with van der Waals surface area (Å²) in [6.07, 6.45) is 0. The number of carbonyl (C=O) groups is 3. The van der Waals surface area contributed by atoms with E-state index in [1.165, 1.54) is 24.3 Å². The SMILES string of the molecule is COC(=O)C(=O)Nc1ccc(C(N)=O)cc1. The van der Waals surface area contributed by atoms with Gasteiger partial charge >= 0.3 is 11.9 Å². The van der Waals surface area contributed by atoms with Crippen LogP contribution in [0, 0.1) is 0 Å².